The molecule has 104 valence electrons. The zero-order valence-corrected chi connectivity index (χ0v) is 10.9. The van der Waals surface area contributed by atoms with E-state index in [1.165, 1.54) is 0 Å². The second-order valence-electron chi connectivity index (χ2n) is 3.97. The summed E-state index contributed by atoms with van der Waals surface area (Å²) in [6.07, 6.45) is 0. The molecule has 6 nitrogen and oxygen atoms in total. The minimum absolute atomic E-state index is 0.0531. The van der Waals surface area contributed by atoms with Crippen molar-refractivity contribution >= 4 is 11.8 Å². The fraction of sp³-hybridized carbons (Fsp3) is 0.385. The molecule has 4 N–H and O–H groups in total. The molecule has 0 radical (unpaired) electrons. The summed E-state index contributed by atoms with van der Waals surface area (Å²) in [5.74, 6) is -0.566. The van der Waals surface area contributed by atoms with Crippen LogP contribution in [0.3, 0.4) is 0 Å². The van der Waals surface area contributed by atoms with E-state index in [1.54, 1.807) is 19.2 Å². The number of hydrogen-bond acceptors (Lipinski definition) is 4. The van der Waals surface area contributed by atoms with Crippen molar-refractivity contribution in [2.75, 3.05) is 26.8 Å². The van der Waals surface area contributed by atoms with Gasteiger partial charge < -0.3 is 21.1 Å². The molecule has 0 fully saturated rings. The smallest absolute Gasteiger partial charge is 0.251 e. The molecule has 1 aromatic rings. The number of carbonyl (C=O) groups excluding carboxylic acids is 2. The molecule has 0 aliphatic rings. The van der Waals surface area contributed by atoms with Crippen LogP contribution in [0.1, 0.15) is 15.9 Å². The average Bonchev–Trinajstić information content (AvgIpc) is 2.42. The average molecular weight is 265 g/mol. The predicted octanol–water partition coefficient (Wildman–Crippen LogP) is -0.362. The van der Waals surface area contributed by atoms with Gasteiger partial charge in [0.1, 0.15) is 6.61 Å². The van der Waals surface area contributed by atoms with Gasteiger partial charge in [-0.25, -0.2) is 0 Å². The fourth-order valence-electron chi connectivity index (χ4n) is 1.47. The quantitative estimate of drug-likeness (QED) is 0.559. The molecule has 0 saturated heterocycles. The molecule has 1 rings (SSSR count). The lowest BCUT2D eigenvalue weighted by Gasteiger charge is -2.06. The van der Waals surface area contributed by atoms with Gasteiger partial charge >= 0.3 is 0 Å². The number of amides is 2. The lowest BCUT2D eigenvalue weighted by molar-refractivity contribution is -0.122. The SMILES string of the molecule is CNC(=O)c1ccc(CNCCOCC(N)=O)cc1. The van der Waals surface area contributed by atoms with Gasteiger partial charge in [-0.05, 0) is 17.7 Å². The van der Waals surface area contributed by atoms with Crippen molar-refractivity contribution in [3.05, 3.63) is 35.4 Å². The highest BCUT2D eigenvalue weighted by Crippen LogP contribution is 2.03. The summed E-state index contributed by atoms with van der Waals surface area (Å²) in [5, 5.41) is 5.73. The minimum Gasteiger partial charge on any atom is -0.370 e. The number of rotatable bonds is 8. The van der Waals surface area contributed by atoms with Crippen molar-refractivity contribution in [2.24, 2.45) is 5.73 Å². The van der Waals surface area contributed by atoms with Crippen molar-refractivity contribution in [1.29, 1.82) is 0 Å². The van der Waals surface area contributed by atoms with Crippen molar-refractivity contribution in [3.8, 4) is 0 Å². The number of primary amides is 1. The summed E-state index contributed by atoms with van der Waals surface area (Å²) in [6.45, 7) is 1.68. The maximum Gasteiger partial charge on any atom is 0.251 e. The van der Waals surface area contributed by atoms with E-state index in [-0.39, 0.29) is 12.5 Å². The Balaban J connectivity index is 2.23. The third-order valence-corrected chi connectivity index (χ3v) is 2.44. The van der Waals surface area contributed by atoms with E-state index in [0.29, 0.717) is 25.3 Å². The van der Waals surface area contributed by atoms with Gasteiger partial charge in [-0.3, -0.25) is 9.59 Å². The number of carbonyl (C=O) groups is 2. The van der Waals surface area contributed by atoms with Crippen LogP contribution in [0.2, 0.25) is 0 Å². The first kappa shape index (κ1) is 15.1. The molecule has 0 heterocycles. The summed E-state index contributed by atoms with van der Waals surface area (Å²) in [6, 6.07) is 7.34. The Morgan fingerprint density at radius 3 is 2.53 bits per heavy atom. The summed E-state index contributed by atoms with van der Waals surface area (Å²) in [5.41, 5.74) is 6.64. The van der Waals surface area contributed by atoms with Crippen LogP contribution in [-0.2, 0) is 16.1 Å². The van der Waals surface area contributed by atoms with E-state index in [1.807, 2.05) is 12.1 Å². The van der Waals surface area contributed by atoms with Gasteiger partial charge in [-0.15, -0.1) is 0 Å². The van der Waals surface area contributed by atoms with Gasteiger partial charge in [0.05, 0.1) is 6.61 Å². The van der Waals surface area contributed by atoms with Crippen molar-refractivity contribution in [2.45, 2.75) is 6.54 Å². The monoisotopic (exact) mass is 265 g/mol. The zero-order chi connectivity index (χ0) is 14.1. The molecule has 0 saturated carbocycles. The first-order valence-electron chi connectivity index (χ1n) is 6.01. The lowest BCUT2D eigenvalue weighted by atomic mass is 10.1. The van der Waals surface area contributed by atoms with E-state index >= 15 is 0 Å². The molecule has 0 bridgehead atoms. The second kappa shape index (κ2) is 8.23. The molecule has 0 aromatic heterocycles. The number of nitrogens with two attached hydrogens (primary N) is 1. The first-order valence-corrected chi connectivity index (χ1v) is 6.01. The maximum absolute atomic E-state index is 11.3. The largest absolute Gasteiger partial charge is 0.370 e. The van der Waals surface area contributed by atoms with E-state index in [9.17, 15) is 9.59 Å². The van der Waals surface area contributed by atoms with Gasteiger partial charge in [-0.2, -0.15) is 0 Å². The maximum atomic E-state index is 11.3. The van der Waals surface area contributed by atoms with Crippen molar-refractivity contribution < 1.29 is 14.3 Å². The Labute approximate surface area is 112 Å². The highest BCUT2D eigenvalue weighted by Gasteiger charge is 2.01. The Kier molecular flexibility index (Phi) is 6.56. The number of benzene rings is 1. The second-order valence-corrected chi connectivity index (χ2v) is 3.97. The zero-order valence-electron chi connectivity index (χ0n) is 10.9. The normalized spacial score (nSPS) is 10.2. The van der Waals surface area contributed by atoms with Gasteiger partial charge in [0.2, 0.25) is 5.91 Å². The number of ether oxygens (including phenoxy) is 1. The van der Waals surface area contributed by atoms with E-state index in [0.717, 1.165) is 5.56 Å². The Hall–Kier alpha value is -1.92. The van der Waals surface area contributed by atoms with E-state index in [2.05, 4.69) is 10.6 Å². The van der Waals surface area contributed by atoms with Gasteiger partial charge in [0, 0.05) is 25.7 Å². The molecule has 1 aromatic carbocycles. The number of hydrogen-bond donors (Lipinski definition) is 3. The Morgan fingerprint density at radius 1 is 1.26 bits per heavy atom. The molecule has 0 aliphatic carbocycles. The molecular formula is C13H19N3O3. The van der Waals surface area contributed by atoms with Crippen LogP contribution in [-0.4, -0.2) is 38.6 Å². The van der Waals surface area contributed by atoms with Crippen LogP contribution in [0, 0.1) is 0 Å². The van der Waals surface area contributed by atoms with Crippen LogP contribution in [0.5, 0.6) is 0 Å². The summed E-state index contributed by atoms with van der Waals surface area (Å²) >= 11 is 0. The topological polar surface area (TPSA) is 93.4 Å². The van der Waals surface area contributed by atoms with Crippen LogP contribution in [0.25, 0.3) is 0 Å². The highest BCUT2D eigenvalue weighted by molar-refractivity contribution is 5.93. The third-order valence-electron chi connectivity index (χ3n) is 2.44. The predicted molar refractivity (Wildman–Crippen MR) is 71.6 cm³/mol. The van der Waals surface area contributed by atoms with E-state index in [4.69, 9.17) is 10.5 Å². The first-order chi connectivity index (χ1) is 9.13. The lowest BCUT2D eigenvalue weighted by Crippen LogP contribution is -2.23. The van der Waals surface area contributed by atoms with Crippen molar-refractivity contribution in [1.82, 2.24) is 10.6 Å². The van der Waals surface area contributed by atoms with Gasteiger partial charge in [0.15, 0.2) is 0 Å². The third kappa shape index (κ3) is 5.98. The summed E-state index contributed by atoms with van der Waals surface area (Å²) in [7, 11) is 1.60. The van der Waals surface area contributed by atoms with Gasteiger partial charge in [0.25, 0.3) is 5.91 Å². The van der Waals surface area contributed by atoms with Crippen molar-refractivity contribution in [3.63, 3.8) is 0 Å². The standard InChI is InChI=1S/C13H19N3O3/c1-15-13(18)11-4-2-10(3-5-11)8-16-6-7-19-9-12(14)17/h2-5,16H,6-9H2,1H3,(H2,14,17)(H,15,18). The Morgan fingerprint density at radius 2 is 1.95 bits per heavy atom. The molecule has 0 atom stereocenters. The fourth-order valence-corrected chi connectivity index (χ4v) is 1.47. The Bertz CT molecular complexity index is 418. The minimum atomic E-state index is -0.468. The molecule has 0 unspecified atom stereocenters. The molecule has 6 heteroatoms. The molecular weight excluding hydrogens is 246 g/mol. The summed E-state index contributed by atoms with van der Waals surface area (Å²) < 4.78 is 5.01. The highest BCUT2D eigenvalue weighted by atomic mass is 16.5. The van der Waals surface area contributed by atoms with Crippen LogP contribution >= 0.6 is 0 Å². The molecule has 0 aliphatic heterocycles. The molecule has 2 amide bonds. The van der Waals surface area contributed by atoms with Crippen LogP contribution in [0.4, 0.5) is 0 Å². The number of nitrogens with one attached hydrogen (secondary N) is 2. The molecule has 19 heavy (non-hydrogen) atoms. The van der Waals surface area contributed by atoms with Gasteiger partial charge in [-0.1, -0.05) is 12.1 Å². The van der Waals surface area contributed by atoms with Crippen LogP contribution < -0.4 is 16.4 Å². The van der Waals surface area contributed by atoms with E-state index < -0.39 is 5.91 Å². The summed E-state index contributed by atoms with van der Waals surface area (Å²) in [4.78, 5) is 21.7. The molecule has 0 spiro atoms. The van der Waals surface area contributed by atoms with Crippen LogP contribution in [0.15, 0.2) is 24.3 Å².